The van der Waals surface area contributed by atoms with Crippen molar-refractivity contribution in [1.29, 1.82) is 0 Å². The topological polar surface area (TPSA) is 30.2 Å². The van der Waals surface area contributed by atoms with Crippen molar-refractivity contribution < 1.29 is 4.79 Å². The van der Waals surface area contributed by atoms with E-state index in [4.69, 9.17) is 0 Å². The van der Waals surface area contributed by atoms with Gasteiger partial charge in [0, 0.05) is 59.1 Å². The first kappa shape index (κ1) is 20.6. The molecule has 2 aromatic rings. The summed E-state index contributed by atoms with van der Waals surface area (Å²) >= 11 is 0. The average Bonchev–Trinajstić information content (AvgIpc) is 3.65. The number of hydrogen-bond acceptors (Lipinski definition) is 2. The van der Waals surface area contributed by atoms with Crippen molar-refractivity contribution in [3.05, 3.63) is 57.2 Å². The molecule has 2 aliphatic carbocycles. The third-order valence-corrected chi connectivity index (χ3v) is 7.35. The van der Waals surface area contributed by atoms with Gasteiger partial charge in [0.1, 0.15) is 0 Å². The highest BCUT2D eigenvalue weighted by Gasteiger charge is 2.30. The number of aryl methyl sites for hydroxylation is 2. The van der Waals surface area contributed by atoms with Gasteiger partial charge >= 0.3 is 0 Å². The van der Waals surface area contributed by atoms with Gasteiger partial charge in [0.05, 0.1) is 0 Å². The van der Waals surface area contributed by atoms with Gasteiger partial charge in [0.25, 0.3) is 0 Å². The van der Waals surface area contributed by atoms with Crippen molar-refractivity contribution in [3.63, 3.8) is 0 Å². The van der Waals surface area contributed by atoms with E-state index in [0.29, 0.717) is 12.1 Å². The molecule has 0 N–H and O–H groups in total. The van der Waals surface area contributed by atoms with Gasteiger partial charge in [-0.1, -0.05) is 6.92 Å². The van der Waals surface area contributed by atoms with Crippen LogP contribution in [0.25, 0.3) is 12.2 Å². The van der Waals surface area contributed by atoms with E-state index in [9.17, 15) is 4.79 Å². The first-order chi connectivity index (χ1) is 14.9. The number of piperidine rings is 1. The van der Waals surface area contributed by atoms with Gasteiger partial charge in [0.15, 0.2) is 5.78 Å². The third-order valence-electron chi connectivity index (χ3n) is 7.35. The van der Waals surface area contributed by atoms with Gasteiger partial charge in [-0.3, -0.25) is 9.69 Å². The molecule has 0 unspecified atom stereocenters. The predicted octanol–water partition coefficient (Wildman–Crippen LogP) is 5.56. The number of likely N-dealkylation sites (N-methyl/N-ethyl adjacent to an activating group) is 1. The lowest BCUT2D eigenvalue weighted by Crippen LogP contribution is -2.37. The van der Waals surface area contributed by atoms with Crippen molar-refractivity contribution in [2.24, 2.45) is 0 Å². The van der Waals surface area contributed by atoms with Crippen LogP contribution in [0.4, 0.5) is 0 Å². The highest BCUT2D eigenvalue weighted by atomic mass is 16.1. The van der Waals surface area contributed by atoms with E-state index in [0.717, 1.165) is 30.8 Å². The highest BCUT2D eigenvalue weighted by Crippen LogP contribution is 2.40. The molecule has 164 valence electrons. The maximum atomic E-state index is 13.5. The van der Waals surface area contributed by atoms with Gasteiger partial charge in [-0.15, -0.1) is 0 Å². The molecule has 0 amide bonds. The summed E-state index contributed by atoms with van der Waals surface area (Å²) in [5.41, 5.74) is 9.48. The van der Waals surface area contributed by atoms with Crippen molar-refractivity contribution in [3.8, 4) is 0 Å². The minimum absolute atomic E-state index is 0.220. The Bertz CT molecular complexity index is 1020. The van der Waals surface area contributed by atoms with E-state index >= 15 is 0 Å². The van der Waals surface area contributed by atoms with Crippen LogP contribution in [0.5, 0.6) is 0 Å². The zero-order valence-electron chi connectivity index (χ0n) is 19.7. The van der Waals surface area contributed by atoms with Crippen LogP contribution in [0.15, 0.2) is 23.3 Å². The summed E-state index contributed by atoms with van der Waals surface area (Å²) in [6.45, 7) is 13.4. The predicted molar refractivity (Wildman–Crippen MR) is 127 cm³/mol. The molecular formula is C27H35N3O. The van der Waals surface area contributed by atoms with Crippen molar-refractivity contribution in [2.45, 2.75) is 72.4 Å². The van der Waals surface area contributed by atoms with Gasteiger partial charge < -0.3 is 9.13 Å². The fourth-order valence-corrected chi connectivity index (χ4v) is 5.40. The van der Waals surface area contributed by atoms with Crippen molar-refractivity contribution >= 4 is 17.9 Å². The Morgan fingerprint density at radius 1 is 0.806 bits per heavy atom. The number of hydrogen-bond donors (Lipinski definition) is 0. The molecule has 2 aromatic heterocycles. The molecule has 0 radical (unpaired) electrons. The quantitative estimate of drug-likeness (QED) is 0.596. The number of likely N-dealkylation sites (tertiary alicyclic amines) is 1. The largest absolute Gasteiger partial charge is 0.346 e. The SMILES string of the molecule is CCN1CC(=Cc2cc(C)n(C3CC3)c2C)C(=O)/C(=C\c2cc(C)n(C3CC3)c2C)C1. The van der Waals surface area contributed by atoms with Crippen LogP contribution in [0.1, 0.15) is 78.6 Å². The zero-order chi connectivity index (χ0) is 21.9. The molecule has 3 aliphatic rings. The minimum Gasteiger partial charge on any atom is -0.346 e. The Morgan fingerprint density at radius 2 is 1.23 bits per heavy atom. The molecule has 0 atom stereocenters. The minimum atomic E-state index is 0.220. The van der Waals surface area contributed by atoms with E-state index < -0.39 is 0 Å². The van der Waals surface area contributed by atoms with Crippen LogP contribution < -0.4 is 0 Å². The van der Waals surface area contributed by atoms with Gasteiger partial charge in [-0.05, 0) is 95.3 Å². The lowest BCUT2D eigenvalue weighted by molar-refractivity contribution is -0.113. The molecule has 1 saturated heterocycles. The summed E-state index contributed by atoms with van der Waals surface area (Å²) in [5, 5.41) is 0. The normalized spacial score (nSPS) is 22.8. The summed E-state index contributed by atoms with van der Waals surface area (Å²) in [4.78, 5) is 15.9. The van der Waals surface area contributed by atoms with Crippen molar-refractivity contribution in [1.82, 2.24) is 14.0 Å². The fourth-order valence-electron chi connectivity index (χ4n) is 5.40. The number of Topliss-reactive ketones (excluding diaryl/α,β-unsaturated/α-hetero) is 1. The summed E-state index contributed by atoms with van der Waals surface area (Å²) in [7, 11) is 0. The Kier molecular flexibility index (Phi) is 5.09. The molecular weight excluding hydrogens is 382 g/mol. The van der Waals surface area contributed by atoms with E-state index in [1.807, 2.05) is 0 Å². The monoisotopic (exact) mass is 417 g/mol. The van der Waals surface area contributed by atoms with Crippen LogP contribution >= 0.6 is 0 Å². The molecule has 3 fully saturated rings. The second-order valence-corrected chi connectivity index (χ2v) is 9.83. The summed E-state index contributed by atoms with van der Waals surface area (Å²) in [6.07, 6.45) is 9.43. The summed E-state index contributed by atoms with van der Waals surface area (Å²) < 4.78 is 4.92. The summed E-state index contributed by atoms with van der Waals surface area (Å²) in [5.74, 6) is 0.220. The number of carbonyl (C=O) groups excluding carboxylic acids is 1. The zero-order valence-corrected chi connectivity index (χ0v) is 19.7. The first-order valence-corrected chi connectivity index (χ1v) is 11.9. The van der Waals surface area contributed by atoms with E-state index in [2.05, 4.69) is 72.9 Å². The van der Waals surface area contributed by atoms with Gasteiger partial charge in [0.2, 0.25) is 0 Å². The van der Waals surface area contributed by atoms with Crippen LogP contribution in [-0.4, -0.2) is 39.5 Å². The van der Waals surface area contributed by atoms with E-state index in [1.165, 1.54) is 59.6 Å². The lowest BCUT2D eigenvalue weighted by atomic mass is 9.94. The third kappa shape index (κ3) is 3.76. The maximum absolute atomic E-state index is 13.5. The number of rotatable bonds is 5. The van der Waals surface area contributed by atoms with E-state index in [-0.39, 0.29) is 5.78 Å². The fraction of sp³-hybridized carbons (Fsp3) is 0.519. The smallest absolute Gasteiger partial charge is 0.187 e. The molecule has 5 rings (SSSR count). The highest BCUT2D eigenvalue weighted by molar-refractivity contribution is 6.14. The van der Waals surface area contributed by atoms with Gasteiger partial charge in [-0.25, -0.2) is 0 Å². The molecule has 2 saturated carbocycles. The van der Waals surface area contributed by atoms with E-state index in [1.54, 1.807) is 0 Å². The Hall–Kier alpha value is -2.33. The lowest BCUT2D eigenvalue weighted by Gasteiger charge is -2.28. The number of carbonyl (C=O) groups is 1. The molecule has 4 nitrogen and oxygen atoms in total. The van der Waals surface area contributed by atoms with Crippen LogP contribution in [0, 0.1) is 27.7 Å². The Labute approximate surface area is 186 Å². The second kappa shape index (κ2) is 7.67. The first-order valence-electron chi connectivity index (χ1n) is 11.9. The van der Waals surface area contributed by atoms with Gasteiger partial charge in [-0.2, -0.15) is 0 Å². The van der Waals surface area contributed by atoms with Crippen LogP contribution in [-0.2, 0) is 4.79 Å². The average molecular weight is 418 g/mol. The molecule has 31 heavy (non-hydrogen) atoms. The molecule has 0 aromatic carbocycles. The van der Waals surface area contributed by atoms with Crippen molar-refractivity contribution in [2.75, 3.05) is 19.6 Å². The maximum Gasteiger partial charge on any atom is 0.187 e. The molecule has 0 bridgehead atoms. The molecule has 1 aliphatic heterocycles. The van der Waals surface area contributed by atoms with Crippen LogP contribution in [0.3, 0.4) is 0 Å². The number of nitrogens with zero attached hydrogens (tertiary/aromatic N) is 3. The molecule has 0 spiro atoms. The molecule has 3 heterocycles. The number of aromatic nitrogens is 2. The standard InChI is InChI=1S/C27H35N3O/c1-6-28-15-23(13-21-11-17(2)29(19(21)4)25-7-8-25)27(31)24(16-28)14-22-12-18(3)30(20(22)5)26-9-10-26/h11-14,25-26H,6-10,15-16H2,1-5H3/b23-13-,24-14?. The van der Waals surface area contributed by atoms with Crippen LogP contribution in [0.2, 0.25) is 0 Å². The Morgan fingerprint density at radius 3 is 1.58 bits per heavy atom. The summed E-state index contributed by atoms with van der Waals surface area (Å²) in [6, 6.07) is 5.84. The second-order valence-electron chi connectivity index (χ2n) is 9.83. The Balaban J connectivity index is 1.50. The number of ketones is 1. The molecule has 4 heteroatoms.